The van der Waals surface area contributed by atoms with Gasteiger partial charge in [0.15, 0.2) is 0 Å². The van der Waals surface area contributed by atoms with Crippen LogP contribution < -0.4 is 0 Å². The zero-order chi connectivity index (χ0) is 8.55. The lowest BCUT2D eigenvalue weighted by molar-refractivity contribution is 0.136. The number of rotatable bonds is 0. The molecule has 0 saturated carbocycles. The van der Waals surface area contributed by atoms with Gasteiger partial charge >= 0.3 is 0 Å². The zero-order valence-electron chi connectivity index (χ0n) is 7.33. The number of aliphatic hydroxyl groups is 1. The highest BCUT2D eigenvalue weighted by molar-refractivity contribution is 5.31. The van der Waals surface area contributed by atoms with Crippen molar-refractivity contribution < 1.29 is 5.11 Å². The van der Waals surface area contributed by atoms with E-state index in [2.05, 4.69) is 13.0 Å². The molecule has 0 bridgehead atoms. The van der Waals surface area contributed by atoms with Crippen molar-refractivity contribution in [3.63, 3.8) is 0 Å². The van der Waals surface area contributed by atoms with Gasteiger partial charge in [-0.15, -0.1) is 0 Å². The predicted octanol–water partition coefficient (Wildman–Crippen LogP) is 2.30. The maximum Gasteiger partial charge on any atom is 0.0795 e. The van der Waals surface area contributed by atoms with Gasteiger partial charge in [-0.25, -0.2) is 0 Å². The van der Waals surface area contributed by atoms with Gasteiger partial charge in [-0.05, 0) is 29.9 Å². The van der Waals surface area contributed by atoms with Gasteiger partial charge in [-0.1, -0.05) is 31.2 Å². The summed E-state index contributed by atoms with van der Waals surface area (Å²) < 4.78 is 0. The molecule has 1 aliphatic carbocycles. The van der Waals surface area contributed by atoms with E-state index >= 15 is 0 Å². The summed E-state index contributed by atoms with van der Waals surface area (Å²) in [5.41, 5.74) is 2.46. The van der Waals surface area contributed by atoms with Gasteiger partial charge in [-0.2, -0.15) is 0 Å². The Morgan fingerprint density at radius 2 is 2.08 bits per heavy atom. The van der Waals surface area contributed by atoms with E-state index in [0.717, 1.165) is 18.4 Å². The highest BCUT2D eigenvalue weighted by Crippen LogP contribution is 2.32. The fraction of sp³-hybridized carbons (Fsp3) is 0.455. The van der Waals surface area contributed by atoms with E-state index < -0.39 is 0 Å². The third kappa shape index (κ3) is 1.25. The van der Waals surface area contributed by atoms with Crippen LogP contribution in [0, 0.1) is 5.92 Å². The highest BCUT2D eigenvalue weighted by atomic mass is 16.3. The summed E-state index contributed by atoms with van der Waals surface area (Å²) in [4.78, 5) is 0. The van der Waals surface area contributed by atoms with Gasteiger partial charge in [0.25, 0.3) is 0 Å². The van der Waals surface area contributed by atoms with Gasteiger partial charge < -0.3 is 5.11 Å². The number of benzene rings is 1. The lowest BCUT2D eigenvalue weighted by Gasteiger charge is -2.25. The molecule has 1 nitrogen and oxygen atoms in total. The van der Waals surface area contributed by atoms with E-state index in [-0.39, 0.29) is 6.10 Å². The molecule has 1 heteroatoms. The van der Waals surface area contributed by atoms with E-state index in [1.807, 2.05) is 18.2 Å². The molecular formula is C11H14O. The van der Waals surface area contributed by atoms with Gasteiger partial charge in [0.05, 0.1) is 6.10 Å². The van der Waals surface area contributed by atoms with E-state index in [1.54, 1.807) is 0 Å². The molecule has 2 rings (SSSR count). The summed E-state index contributed by atoms with van der Waals surface area (Å²) in [5.74, 6) is 0.620. The third-order valence-electron chi connectivity index (χ3n) is 2.61. The molecular weight excluding hydrogens is 148 g/mol. The molecule has 64 valence electrons. The SMILES string of the molecule is C[C@@H]1Cc2ccccc2[C@H](O)C1. The summed E-state index contributed by atoms with van der Waals surface area (Å²) >= 11 is 0. The first-order valence-corrected chi connectivity index (χ1v) is 4.53. The lowest BCUT2D eigenvalue weighted by Crippen LogP contribution is -2.15. The van der Waals surface area contributed by atoms with Crippen LogP contribution in [0.4, 0.5) is 0 Å². The first kappa shape index (κ1) is 7.81. The first-order valence-electron chi connectivity index (χ1n) is 4.53. The van der Waals surface area contributed by atoms with Crippen LogP contribution >= 0.6 is 0 Å². The van der Waals surface area contributed by atoms with Crippen molar-refractivity contribution in [2.75, 3.05) is 0 Å². The molecule has 0 saturated heterocycles. The van der Waals surface area contributed by atoms with Crippen LogP contribution in [0.3, 0.4) is 0 Å². The summed E-state index contributed by atoms with van der Waals surface area (Å²) in [7, 11) is 0. The van der Waals surface area contributed by atoms with E-state index in [9.17, 15) is 5.11 Å². The summed E-state index contributed by atoms with van der Waals surface area (Å²) in [6.07, 6.45) is 1.80. The summed E-state index contributed by atoms with van der Waals surface area (Å²) in [5, 5.41) is 9.73. The maximum absolute atomic E-state index is 9.73. The van der Waals surface area contributed by atoms with Crippen molar-refractivity contribution in [2.45, 2.75) is 25.9 Å². The largest absolute Gasteiger partial charge is 0.388 e. The van der Waals surface area contributed by atoms with Crippen molar-refractivity contribution in [2.24, 2.45) is 5.92 Å². The smallest absolute Gasteiger partial charge is 0.0795 e. The monoisotopic (exact) mass is 162 g/mol. The number of aliphatic hydroxyl groups excluding tert-OH is 1. The van der Waals surface area contributed by atoms with Crippen LogP contribution in [-0.4, -0.2) is 5.11 Å². The summed E-state index contributed by atoms with van der Waals surface area (Å²) in [6, 6.07) is 8.20. The molecule has 2 atom stereocenters. The van der Waals surface area contributed by atoms with Crippen LogP contribution in [0.1, 0.15) is 30.6 Å². The van der Waals surface area contributed by atoms with Crippen molar-refractivity contribution in [1.82, 2.24) is 0 Å². The molecule has 0 heterocycles. The highest BCUT2D eigenvalue weighted by Gasteiger charge is 2.21. The van der Waals surface area contributed by atoms with Crippen molar-refractivity contribution in [3.8, 4) is 0 Å². The molecule has 0 amide bonds. The van der Waals surface area contributed by atoms with E-state index in [4.69, 9.17) is 0 Å². The lowest BCUT2D eigenvalue weighted by atomic mass is 9.83. The minimum atomic E-state index is -0.232. The van der Waals surface area contributed by atoms with E-state index in [0.29, 0.717) is 5.92 Å². The Balaban J connectivity index is 2.40. The topological polar surface area (TPSA) is 20.2 Å². The Morgan fingerprint density at radius 3 is 2.92 bits per heavy atom. The summed E-state index contributed by atoms with van der Waals surface area (Å²) in [6.45, 7) is 2.19. The third-order valence-corrected chi connectivity index (χ3v) is 2.61. The second-order valence-electron chi connectivity index (χ2n) is 3.76. The average Bonchev–Trinajstić information content (AvgIpc) is 2.04. The molecule has 0 aliphatic heterocycles. The molecule has 0 radical (unpaired) electrons. The van der Waals surface area contributed by atoms with Gasteiger partial charge in [0, 0.05) is 0 Å². The molecule has 1 aromatic carbocycles. The Hall–Kier alpha value is -0.820. The van der Waals surface area contributed by atoms with Gasteiger partial charge in [0.1, 0.15) is 0 Å². The number of hydrogen-bond donors (Lipinski definition) is 1. The molecule has 0 unspecified atom stereocenters. The molecule has 0 aromatic heterocycles. The Bertz CT molecular complexity index is 280. The normalized spacial score (nSPS) is 28.2. The van der Waals surface area contributed by atoms with Crippen LogP contribution in [0.2, 0.25) is 0 Å². The number of fused-ring (bicyclic) bond motifs is 1. The predicted molar refractivity (Wildman–Crippen MR) is 48.9 cm³/mol. The van der Waals surface area contributed by atoms with Crippen LogP contribution in [-0.2, 0) is 6.42 Å². The maximum atomic E-state index is 9.73. The second kappa shape index (κ2) is 2.91. The van der Waals surface area contributed by atoms with Crippen LogP contribution in [0.15, 0.2) is 24.3 Å². The van der Waals surface area contributed by atoms with E-state index in [1.165, 1.54) is 5.56 Å². The molecule has 0 spiro atoms. The molecule has 0 fully saturated rings. The van der Waals surface area contributed by atoms with Crippen molar-refractivity contribution in [1.29, 1.82) is 0 Å². The Labute approximate surface area is 73.0 Å². The second-order valence-corrected chi connectivity index (χ2v) is 3.76. The quantitative estimate of drug-likeness (QED) is 0.620. The first-order chi connectivity index (χ1) is 5.77. The van der Waals surface area contributed by atoms with Crippen LogP contribution in [0.25, 0.3) is 0 Å². The van der Waals surface area contributed by atoms with Gasteiger partial charge in [-0.3, -0.25) is 0 Å². The number of hydrogen-bond acceptors (Lipinski definition) is 1. The standard InChI is InChI=1S/C11H14O/c1-8-6-9-4-2-3-5-10(9)11(12)7-8/h2-5,8,11-12H,6-7H2,1H3/t8-,11-/m1/s1. The Kier molecular flexibility index (Phi) is 1.89. The van der Waals surface area contributed by atoms with Crippen molar-refractivity contribution in [3.05, 3.63) is 35.4 Å². The molecule has 1 N–H and O–H groups in total. The average molecular weight is 162 g/mol. The molecule has 1 aliphatic rings. The molecule has 12 heavy (non-hydrogen) atoms. The zero-order valence-corrected chi connectivity index (χ0v) is 7.33. The minimum Gasteiger partial charge on any atom is -0.388 e. The van der Waals surface area contributed by atoms with Gasteiger partial charge in [0.2, 0.25) is 0 Å². The fourth-order valence-corrected chi connectivity index (χ4v) is 2.01. The Morgan fingerprint density at radius 1 is 1.33 bits per heavy atom. The van der Waals surface area contributed by atoms with Crippen molar-refractivity contribution >= 4 is 0 Å². The minimum absolute atomic E-state index is 0.232. The van der Waals surface area contributed by atoms with Crippen LogP contribution in [0.5, 0.6) is 0 Å². The molecule has 1 aromatic rings. The fourth-order valence-electron chi connectivity index (χ4n) is 2.01.